The van der Waals surface area contributed by atoms with Crippen molar-refractivity contribution in [3.8, 4) is 11.5 Å². The van der Waals surface area contributed by atoms with Crippen molar-refractivity contribution < 1.29 is 27.1 Å². The third-order valence-corrected chi connectivity index (χ3v) is 9.46. The van der Waals surface area contributed by atoms with Gasteiger partial charge in [0.2, 0.25) is 5.76 Å². The maximum Gasteiger partial charge on any atom is 0.291 e. The first kappa shape index (κ1) is 27.2. The van der Waals surface area contributed by atoms with Crippen molar-refractivity contribution in [2.24, 2.45) is 0 Å². The Morgan fingerprint density at radius 2 is 1.77 bits per heavy atom. The van der Waals surface area contributed by atoms with Crippen LogP contribution in [0.15, 0.2) is 39.5 Å². The zero-order valence-corrected chi connectivity index (χ0v) is 23.7. The van der Waals surface area contributed by atoms with Crippen molar-refractivity contribution in [3.05, 3.63) is 68.6 Å². The van der Waals surface area contributed by atoms with Crippen LogP contribution < -0.4 is 14.9 Å². The fraction of sp³-hybridized carbons (Fsp3) is 0.467. The van der Waals surface area contributed by atoms with E-state index in [9.17, 15) is 18.0 Å². The summed E-state index contributed by atoms with van der Waals surface area (Å²) in [5, 5.41) is 0.399. The lowest BCUT2D eigenvalue weighted by Crippen LogP contribution is -2.40. The molecule has 1 amide bonds. The van der Waals surface area contributed by atoms with Gasteiger partial charge >= 0.3 is 0 Å². The minimum absolute atomic E-state index is 0.000978. The highest BCUT2D eigenvalue weighted by Gasteiger charge is 2.48. The van der Waals surface area contributed by atoms with Gasteiger partial charge in [-0.05, 0) is 74.6 Å². The number of amides is 1. The van der Waals surface area contributed by atoms with Crippen LogP contribution in [0.1, 0.15) is 78.4 Å². The molecule has 3 heterocycles. The first-order valence-electron chi connectivity index (χ1n) is 13.7. The Balaban J connectivity index is 1.66. The summed E-state index contributed by atoms with van der Waals surface area (Å²) in [4.78, 5) is 29.4. The summed E-state index contributed by atoms with van der Waals surface area (Å²) >= 11 is 0. The molecule has 1 fully saturated rings. The normalized spacial score (nSPS) is 20.0. The van der Waals surface area contributed by atoms with Crippen molar-refractivity contribution >= 4 is 26.7 Å². The Bertz CT molecular complexity index is 1590. The fourth-order valence-electron chi connectivity index (χ4n) is 5.56. The van der Waals surface area contributed by atoms with Crippen LogP contribution in [0, 0.1) is 13.8 Å². The number of sulfone groups is 1. The van der Waals surface area contributed by atoms with E-state index in [4.69, 9.17) is 13.9 Å². The molecule has 2 atom stereocenters. The second kappa shape index (κ2) is 10.7. The molecule has 5 rings (SSSR count). The van der Waals surface area contributed by atoms with Gasteiger partial charge in [-0.3, -0.25) is 9.59 Å². The number of aryl methyl sites for hydroxylation is 2. The molecular formula is C30H35NO7S. The van der Waals surface area contributed by atoms with Crippen LogP contribution in [-0.4, -0.2) is 50.0 Å². The van der Waals surface area contributed by atoms with Crippen molar-refractivity contribution in [2.45, 2.75) is 65.5 Å². The van der Waals surface area contributed by atoms with E-state index in [0.29, 0.717) is 47.7 Å². The summed E-state index contributed by atoms with van der Waals surface area (Å²) in [6, 6.07) is 7.61. The fourth-order valence-corrected chi connectivity index (χ4v) is 7.27. The van der Waals surface area contributed by atoms with Crippen molar-refractivity contribution in [3.63, 3.8) is 0 Å². The van der Waals surface area contributed by atoms with Crippen molar-refractivity contribution in [1.29, 1.82) is 0 Å². The summed E-state index contributed by atoms with van der Waals surface area (Å²) in [6.07, 6.45) is 3.37. The molecule has 1 saturated heterocycles. The number of hydrogen-bond donors (Lipinski definition) is 0. The SMILES string of the molecule is CCCCCOc1ccc(C2c3c(oc4cc(C)c(C)cc4c3=O)C(=O)N2C2CCS(=O)(=O)C2)cc1OCC. The highest BCUT2D eigenvalue weighted by atomic mass is 32.2. The quantitative estimate of drug-likeness (QED) is 0.339. The Hall–Kier alpha value is -3.33. The molecule has 0 bridgehead atoms. The highest BCUT2D eigenvalue weighted by Crippen LogP contribution is 2.43. The largest absolute Gasteiger partial charge is 0.490 e. The Morgan fingerprint density at radius 1 is 1.00 bits per heavy atom. The Labute approximate surface area is 228 Å². The molecule has 1 aromatic heterocycles. The summed E-state index contributed by atoms with van der Waals surface area (Å²) in [7, 11) is -3.29. The van der Waals surface area contributed by atoms with Crippen molar-refractivity contribution in [1.82, 2.24) is 4.90 Å². The molecule has 3 aromatic rings. The zero-order chi connectivity index (χ0) is 27.9. The Kier molecular flexibility index (Phi) is 7.46. The van der Waals surface area contributed by atoms with Crippen LogP contribution in [0.2, 0.25) is 0 Å². The van der Waals surface area contributed by atoms with Gasteiger partial charge in [-0.1, -0.05) is 25.8 Å². The number of rotatable bonds is 9. The van der Waals surface area contributed by atoms with Crippen LogP contribution in [-0.2, 0) is 9.84 Å². The summed E-state index contributed by atoms with van der Waals surface area (Å²) in [6.45, 7) is 8.81. The van der Waals surface area contributed by atoms with Crippen LogP contribution >= 0.6 is 0 Å². The number of hydrogen-bond acceptors (Lipinski definition) is 7. The number of carbonyl (C=O) groups is 1. The van der Waals surface area contributed by atoms with Crippen LogP contribution in [0.25, 0.3) is 11.0 Å². The lowest BCUT2D eigenvalue weighted by atomic mass is 9.96. The van der Waals surface area contributed by atoms with Gasteiger partial charge in [0, 0.05) is 6.04 Å². The molecule has 2 aliphatic heterocycles. The minimum atomic E-state index is -3.29. The van der Waals surface area contributed by atoms with E-state index in [1.165, 1.54) is 4.90 Å². The van der Waals surface area contributed by atoms with Gasteiger partial charge in [0.15, 0.2) is 26.8 Å². The highest BCUT2D eigenvalue weighted by molar-refractivity contribution is 7.91. The maximum absolute atomic E-state index is 14.0. The van der Waals surface area contributed by atoms with E-state index in [-0.39, 0.29) is 28.3 Å². The molecule has 2 aliphatic rings. The lowest BCUT2D eigenvalue weighted by molar-refractivity contribution is 0.0662. The number of ether oxygens (including phenoxy) is 2. The van der Waals surface area contributed by atoms with E-state index in [2.05, 4.69) is 6.92 Å². The van der Waals surface area contributed by atoms with E-state index >= 15 is 0 Å². The third-order valence-electron chi connectivity index (χ3n) is 7.71. The Morgan fingerprint density at radius 3 is 2.46 bits per heavy atom. The molecule has 39 heavy (non-hydrogen) atoms. The number of fused-ring (bicyclic) bond motifs is 2. The minimum Gasteiger partial charge on any atom is -0.490 e. The number of benzene rings is 2. The van der Waals surface area contributed by atoms with Gasteiger partial charge in [-0.2, -0.15) is 0 Å². The van der Waals surface area contributed by atoms with Gasteiger partial charge in [-0.25, -0.2) is 8.42 Å². The summed E-state index contributed by atoms with van der Waals surface area (Å²) < 4.78 is 42.9. The van der Waals surface area contributed by atoms with Gasteiger partial charge < -0.3 is 18.8 Å². The molecule has 2 aromatic carbocycles. The van der Waals surface area contributed by atoms with E-state index < -0.39 is 27.8 Å². The molecule has 2 unspecified atom stereocenters. The van der Waals surface area contributed by atoms with Crippen molar-refractivity contribution in [2.75, 3.05) is 24.7 Å². The third kappa shape index (κ3) is 5.04. The van der Waals surface area contributed by atoms with E-state index in [1.54, 1.807) is 24.3 Å². The zero-order valence-electron chi connectivity index (χ0n) is 22.9. The standard InChI is InChI=1S/C30H35NO7S/c1-5-7-8-12-37-23-10-9-20(16-25(23)36-6-2)27-26-28(32)22-14-18(3)19(4)15-24(22)38-29(26)30(33)31(27)21-11-13-39(34,35)17-21/h9-10,14-16,21,27H,5-8,11-13,17H2,1-4H3. The summed E-state index contributed by atoms with van der Waals surface area (Å²) in [5.41, 5.74) is 2.83. The van der Waals surface area contributed by atoms with E-state index in [1.807, 2.05) is 26.8 Å². The average molecular weight is 554 g/mol. The molecule has 0 spiro atoms. The molecule has 208 valence electrons. The van der Waals surface area contributed by atoms with Gasteiger partial charge in [0.1, 0.15) is 5.58 Å². The number of unbranched alkanes of at least 4 members (excludes halogenated alkanes) is 2. The molecule has 0 radical (unpaired) electrons. The number of carbonyl (C=O) groups excluding carboxylic acids is 1. The molecule has 8 nitrogen and oxygen atoms in total. The molecule has 9 heteroatoms. The molecule has 0 N–H and O–H groups in total. The monoisotopic (exact) mass is 553 g/mol. The smallest absolute Gasteiger partial charge is 0.291 e. The van der Waals surface area contributed by atoms with Crippen LogP contribution in [0.3, 0.4) is 0 Å². The molecule has 0 saturated carbocycles. The van der Waals surface area contributed by atoms with E-state index in [0.717, 1.165) is 30.4 Å². The topological polar surface area (TPSA) is 103 Å². The molecule has 0 aliphatic carbocycles. The van der Waals surface area contributed by atoms with Gasteiger partial charge in [0.25, 0.3) is 5.91 Å². The average Bonchev–Trinajstić information content (AvgIpc) is 3.40. The van der Waals surface area contributed by atoms with Gasteiger partial charge in [-0.15, -0.1) is 0 Å². The first-order valence-corrected chi connectivity index (χ1v) is 15.5. The van der Waals surface area contributed by atoms with Crippen LogP contribution in [0.5, 0.6) is 11.5 Å². The second-order valence-electron chi connectivity index (χ2n) is 10.5. The predicted octanol–water partition coefficient (Wildman–Crippen LogP) is 5.11. The maximum atomic E-state index is 14.0. The predicted molar refractivity (Wildman–Crippen MR) is 150 cm³/mol. The first-order chi connectivity index (χ1) is 18.6. The second-order valence-corrected chi connectivity index (χ2v) is 12.7. The van der Waals surface area contributed by atoms with Gasteiger partial charge in [0.05, 0.1) is 41.7 Å². The lowest BCUT2D eigenvalue weighted by Gasteiger charge is -2.30. The molecular weight excluding hydrogens is 518 g/mol. The summed E-state index contributed by atoms with van der Waals surface area (Å²) in [5.74, 6) is 0.471. The van der Waals surface area contributed by atoms with Crippen LogP contribution in [0.4, 0.5) is 0 Å². The number of nitrogens with zero attached hydrogens (tertiary/aromatic N) is 1.